The van der Waals surface area contributed by atoms with Crippen LogP contribution in [0.25, 0.3) is 0 Å². The Kier molecular flexibility index (Phi) is 3.28. The highest BCUT2D eigenvalue weighted by Gasteiger charge is 2.30. The summed E-state index contributed by atoms with van der Waals surface area (Å²) in [6.07, 6.45) is -4.32. The average Bonchev–Trinajstić information content (AvgIpc) is 2.31. The number of anilines is 2. The molecule has 0 amide bonds. The summed E-state index contributed by atoms with van der Waals surface area (Å²) in [7, 11) is 0. The van der Waals surface area contributed by atoms with Gasteiger partial charge in [0.05, 0.1) is 5.56 Å². The van der Waals surface area contributed by atoms with Crippen molar-refractivity contribution in [2.75, 3.05) is 5.32 Å². The number of nitrogens with one attached hydrogen (secondary N) is 1. The molecule has 1 nitrogen and oxygen atoms in total. The molecular formula is C14H11F3N. The molecule has 0 unspecified atom stereocenters. The third kappa shape index (κ3) is 3.03. The van der Waals surface area contributed by atoms with Crippen LogP contribution < -0.4 is 5.32 Å². The van der Waals surface area contributed by atoms with Crippen molar-refractivity contribution in [3.8, 4) is 0 Å². The molecular weight excluding hydrogens is 239 g/mol. The van der Waals surface area contributed by atoms with E-state index in [0.29, 0.717) is 5.69 Å². The highest BCUT2D eigenvalue weighted by Crippen LogP contribution is 2.31. The predicted molar refractivity (Wildman–Crippen MR) is 65.6 cm³/mol. The van der Waals surface area contributed by atoms with Gasteiger partial charge in [0, 0.05) is 11.4 Å². The fourth-order valence-corrected chi connectivity index (χ4v) is 1.53. The molecule has 0 spiro atoms. The molecule has 18 heavy (non-hydrogen) atoms. The van der Waals surface area contributed by atoms with E-state index < -0.39 is 11.7 Å². The van der Waals surface area contributed by atoms with Crippen molar-refractivity contribution >= 4 is 11.4 Å². The van der Waals surface area contributed by atoms with Crippen LogP contribution in [0.2, 0.25) is 0 Å². The number of benzene rings is 2. The Morgan fingerprint density at radius 3 is 2.17 bits per heavy atom. The van der Waals surface area contributed by atoms with Crippen LogP contribution in [0.1, 0.15) is 11.1 Å². The molecule has 1 N–H and O–H groups in total. The van der Waals surface area contributed by atoms with E-state index in [2.05, 4.69) is 12.2 Å². The molecule has 0 aliphatic carbocycles. The van der Waals surface area contributed by atoms with Crippen LogP contribution in [0.3, 0.4) is 0 Å². The van der Waals surface area contributed by atoms with Gasteiger partial charge in [-0.1, -0.05) is 18.2 Å². The molecule has 1 radical (unpaired) electrons. The van der Waals surface area contributed by atoms with Gasteiger partial charge in [0.25, 0.3) is 0 Å². The molecule has 0 bridgehead atoms. The van der Waals surface area contributed by atoms with Crippen molar-refractivity contribution in [2.45, 2.75) is 6.18 Å². The van der Waals surface area contributed by atoms with Gasteiger partial charge < -0.3 is 5.32 Å². The maximum absolute atomic E-state index is 12.5. The number of halogens is 3. The van der Waals surface area contributed by atoms with Gasteiger partial charge in [-0.25, -0.2) is 0 Å². The normalized spacial score (nSPS) is 11.3. The zero-order chi connectivity index (χ0) is 13.2. The second-order valence-corrected chi connectivity index (χ2v) is 3.90. The Labute approximate surface area is 103 Å². The lowest BCUT2D eigenvalue weighted by atomic mass is 10.2. The monoisotopic (exact) mass is 250 g/mol. The first-order chi connectivity index (χ1) is 8.45. The second kappa shape index (κ2) is 4.72. The smallest absolute Gasteiger partial charge is 0.356 e. The van der Waals surface area contributed by atoms with Crippen LogP contribution in [0.4, 0.5) is 24.5 Å². The summed E-state index contributed by atoms with van der Waals surface area (Å²) in [6, 6.07) is 12.2. The van der Waals surface area contributed by atoms with Crippen molar-refractivity contribution < 1.29 is 13.2 Å². The van der Waals surface area contributed by atoms with Crippen molar-refractivity contribution in [2.24, 2.45) is 0 Å². The highest BCUT2D eigenvalue weighted by atomic mass is 19.4. The minimum atomic E-state index is -4.32. The van der Waals surface area contributed by atoms with E-state index in [-0.39, 0.29) is 0 Å². The Hall–Kier alpha value is -1.97. The molecule has 0 fully saturated rings. The van der Waals surface area contributed by atoms with E-state index in [4.69, 9.17) is 0 Å². The molecule has 0 heterocycles. The van der Waals surface area contributed by atoms with E-state index in [1.54, 1.807) is 30.3 Å². The lowest BCUT2D eigenvalue weighted by Gasteiger charge is -2.10. The van der Waals surface area contributed by atoms with E-state index >= 15 is 0 Å². The van der Waals surface area contributed by atoms with E-state index in [9.17, 15) is 13.2 Å². The predicted octanol–water partition coefficient (Wildman–Crippen LogP) is 4.63. The van der Waals surface area contributed by atoms with Gasteiger partial charge in [0.1, 0.15) is 0 Å². The van der Waals surface area contributed by atoms with Crippen LogP contribution in [0.5, 0.6) is 0 Å². The number of alkyl halides is 3. The summed E-state index contributed by atoms with van der Waals surface area (Å²) in [4.78, 5) is 0. The van der Waals surface area contributed by atoms with E-state index in [0.717, 1.165) is 23.4 Å². The van der Waals surface area contributed by atoms with Gasteiger partial charge in [-0.05, 0) is 42.8 Å². The standard InChI is InChI=1S/C14H11F3N/c1-10-5-7-12(8-6-10)18-13-4-2-3-11(9-13)14(15,16)17/h2-9,18H,1H2. The summed E-state index contributed by atoms with van der Waals surface area (Å²) in [5, 5.41) is 2.92. The Morgan fingerprint density at radius 2 is 1.56 bits per heavy atom. The van der Waals surface area contributed by atoms with Crippen molar-refractivity contribution in [3.05, 3.63) is 66.6 Å². The van der Waals surface area contributed by atoms with Gasteiger partial charge in [0.2, 0.25) is 0 Å². The van der Waals surface area contributed by atoms with Crippen LogP contribution in [-0.2, 0) is 6.18 Å². The maximum Gasteiger partial charge on any atom is 0.416 e. The molecule has 4 heteroatoms. The first-order valence-electron chi connectivity index (χ1n) is 5.31. The molecule has 93 valence electrons. The minimum Gasteiger partial charge on any atom is -0.356 e. The van der Waals surface area contributed by atoms with Gasteiger partial charge >= 0.3 is 6.18 Å². The molecule has 2 aromatic carbocycles. The molecule has 0 aliphatic rings. The Balaban J connectivity index is 2.22. The molecule has 0 atom stereocenters. The third-order valence-electron chi connectivity index (χ3n) is 2.43. The number of rotatable bonds is 2. The summed E-state index contributed by atoms with van der Waals surface area (Å²) in [5.74, 6) is 0. The highest BCUT2D eigenvalue weighted by molar-refractivity contribution is 5.60. The van der Waals surface area contributed by atoms with Crippen molar-refractivity contribution in [1.82, 2.24) is 0 Å². The zero-order valence-corrected chi connectivity index (χ0v) is 9.46. The second-order valence-electron chi connectivity index (χ2n) is 3.90. The van der Waals surface area contributed by atoms with Crippen molar-refractivity contribution in [1.29, 1.82) is 0 Å². The van der Waals surface area contributed by atoms with Crippen LogP contribution in [0.15, 0.2) is 48.5 Å². The van der Waals surface area contributed by atoms with Crippen LogP contribution in [0, 0.1) is 6.92 Å². The SMILES string of the molecule is [CH2]c1ccc(Nc2cccc(C(F)(F)F)c2)cc1. The van der Waals surface area contributed by atoms with Crippen molar-refractivity contribution in [3.63, 3.8) is 0 Å². The fraction of sp³-hybridized carbons (Fsp3) is 0.0714. The van der Waals surface area contributed by atoms with Crippen LogP contribution >= 0.6 is 0 Å². The third-order valence-corrected chi connectivity index (χ3v) is 2.43. The average molecular weight is 250 g/mol. The van der Waals surface area contributed by atoms with Gasteiger partial charge in [-0.2, -0.15) is 13.2 Å². The lowest BCUT2D eigenvalue weighted by Crippen LogP contribution is -2.05. The van der Waals surface area contributed by atoms with Gasteiger partial charge in [-0.3, -0.25) is 0 Å². The molecule has 0 saturated heterocycles. The van der Waals surface area contributed by atoms with Gasteiger partial charge in [0.15, 0.2) is 0 Å². The molecule has 2 rings (SSSR count). The zero-order valence-electron chi connectivity index (χ0n) is 9.46. The molecule has 2 aromatic rings. The largest absolute Gasteiger partial charge is 0.416 e. The number of hydrogen-bond donors (Lipinski definition) is 1. The molecule has 0 aromatic heterocycles. The van der Waals surface area contributed by atoms with Gasteiger partial charge in [-0.15, -0.1) is 0 Å². The summed E-state index contributed by atoms with van der Waals surface area (Å²) < 4.78 is 37.6. The molecule has 0 saturated carbocycles. The maximum atomic E-state index is 12.5. The topological polar surface area (TPSA) is 12.0 Å². The van der Waals surface area contributed by atoms with E-state index in [1.807, 2.05) is 0 Å². The Morgan fingerprint density at radius 1 is 0.889 bits per heavy atom. The molecule has 0 aliphatic heterocycles. The summed E-state index contributed by atoms with van der Waals surface area (Å²) >= 11 is 0. The summed E-state index contributed by atoms with van der Waals surface area (Å²) in [5.41, 5.74) is 1.31. The quantitative estimate of drug-likeness (QED) is 0.819. The van der Waals surface area contributed by atoms with Crippen LogP contribution in [-0.4, -0.2) is 0 Å². The lowest BCUT2D eigenvalue weighted by molar-refractivity contribution is -0.137. The Bertz CT molecular complexity index is 529. The first-order valence-corrected chi connectivity index (χ1v) is 5.31. The summed E-state index contributed by atoms with van der Waals surface area (Å²) in [6.45, 7) is 3.74. The minimum absolute atomic E-state index is 0.404. The number of hydrogen-bond acceptors (Lipinski definition) is 1. The first kappa shape index (κ1) is 12.5. The fourth-order valence-electron chi connectivity index (χ4n) is 1.53. The van der Waals surface area contributed by atoms with E-state index in [1.165, 1.54) is 6.07 Å².